The van der Waals surface area contributed by atoms with Gasteiger partial charge in [-0.2, -0.15) is 4.98 Å². The highest BCUT2D eigenvalue weighted by Gasteiger charge is 2.30. The number of nitrogens with zero attached hydrogens (tertiary/aromatic N) is 6. The van der Waals surface area contributed by atoms with Crippen molar-refractivity contribution in [1.82, 2.24) is 19.9 Å². The standard InChI is InChI=1S/C19H27N7O/c1-25(2)18-23-16(13-10-14(20)11-13)12-17(24-18)26-8-4-15(5-9-26)27-19-21-6-3-7-22-19/h3,6-7,12-15H,4-5,8-11,20H2,1-2H3. The van der Waals surface area contributed by atoms with E-state index in [1.54, 1.807) is 18.5 Å². The molecule has 0 aromatic carbocycles. The zero-order chi connectivity index (χ0) is 18.8. The predicted octanol–water partition coefficient (Wildman–Crippen LogP) is 1.59. The number of piperidine rings is 1. The summed E-state index contributed by atoms with van der Waals surface area (Å²) in [7, 11) is 3.96. The quantitative estimate of drug-likeness (QED) is 0.849. The van der Waals surface area contributed by atoms with Gasteiger partial charge in [0.05, 0.1) is 5.69 Å². The largest absolute Gasteiger partial charge is 0.460 e. The van der Waals surface area contributed by atoms with Crippen LogP contribution in [0.2, 0.25) is 0 Å². The number of hydrogen-bond donors (Lipinski definition) is 1. The van der Waals surface area contributed by atoms with Crippen molar-refractivity contribution in [1.29, 1.82) is 0 Å². The monoisotopic (exact) mass is 369 g/mol. The zero-order valence-corrected chi connectivity index (χ0v) is 16.0. The Balaban J connectivity index is 1.44. The Bertz CT molecular complexity index is 756. The number of ether oxygens (including phenoxy) is 1. The Morgan fingerprint density at radius 3 is 2.44 bits per heavy atom. The molecule has 4 rings (SSSR count). The van der Waals surface area contributed by atoms with Gasteiger partial charge in [0.25, 0.3) is 0 Å². The van der Waals surface area contributed by atoms with Crippen LogP contribution in [0, 0.1) is 0 Å². The van der Waals surface area contributed by atoms with Crippen molar-refractivity contribution in [2.75, 3.05) is 37.0 Å². The van der Waals surface area contributed by atoms with Crippen molar-refractivity contribution in [3.05, 3.63) is 30.2 Å². The van der Waals surface area contributed by atoms with Gasteiger partial charge in [0.15, 0.2) is 0 Å². The van der Waals surface area contributed by atoms with Gasteiger partial charge >= 0.3 is 6.01 Å². The second-order valence-corrected chi connectivity index (χ2v) is 7.61. The third-order valence-electron chi connectivity index (χ3n) is 5.29. The molecule has 144 valence electrons. The molecule has 0 bridgehead atoms. The first-order valence-corrected chi connectivity index (χ1v) is 9.59. The lowest BCUT2D eigenvalue weighted by Crippen LogP contribution is -2.39. The molecular formula is C19H27N7O. The van der Waals surface area contributed by atoms with Gasteiger partial charge in [-0.05, 0) is 18.9 Å². The number of hydrogen-bond acceptors (Lipinski definition) is 8. The highest BCUT2D eigenvalue weighted by atomic mass is 16.5. The molecule has 2 aromatic heterocycles. The van der Waals surface area contributed by atoms with Crippen LogP contribution in [-0.2, 0) is 0 Å². The molecule has 0 spiro atoms. The lowest BCUT2D eigenvalue weighted by Gasteiger charge is -2.35. The molecule has 3 heterocycles. The van der Waals surface area contributed by atoms with Gasteiger partial charge in [-0.1, -0.05) is 0 Å². The third-order valence-corrected chi connectivity index (χ3v) is 5.29. The minimum absolute atomic E-state index is 0.142. The maximum Gasteiger partial charge on any atom is 0.316 e. The van der Waals surface area contributed by atoms with Crippen LogP contribution in [0.1, 0.15) is 37.3 Å². The highest BCUT2D eigenvalue weighted by molar-refractivity contribution is 5.47. The van der Waals surface area contributed by atoms with E-state index in [0.717, 1.165) is 56.2 Å². The van der Waals surface area contributed by atoms with Crippen LogP contribution in [0.25, 0.3) is 0 Å². The second kappa shape index (κ2) is 7.64. The van der Waals surface area contributed by atoms with Crippen LogP contribution in [0.4, 0.5) is 11.8 Å². The summed E-state index contributed by atoms with van der Waals surface area (Å²) in [6, 6.07) is 4.70. The summed E-state index contributed by atoms with van der Waals surface area (Å²) in [5, 5.41) is 0. The van der Waals surface area contributed by atoms with E-state index < -0.39 is 0 Å². The number of nitrogens with two attached hydrogens (primary N) is 1. The van der Waals surface area contributed by atoms with Crippen molar-refractivity contribution < 1.29 is 4.74 Å². The first-order valence-electron chi connectivity index (χ1n) is 9.59. The molecule has 0 amide bonds. The van der Waals surface area contributed by atoms with Gasteiger partial charge in [-0.15, -0.1) is 0 Å². The lowest BCUT2D eigenvalue weighted by molar-refractivity contribution is 0.156. The molecule has 1 aliphatic heterocycles. The summed E-state index contributed by atoms with van der Waals surface area (Å²) >= 11 is 0. The number of rotatable bonds is 5. The normalized spacial score (nSPS) is 23.0. The van der Waals surface area contributed by atoms with Gasteiger partial charge in [0, 0.05) is 70.4 Å². The molecule has 0 unspecified atom stereocenters. The maximum atomic E-state index is 5.98. The van der Waals surface area contributed by atoms with E-state index >= 15 is 0 Å². The SMILES string of the molecule is CN(C)c1nc(C2CC(N)C2)cc(N2CCC(Oc3ncccn3)CC2)n1. The van der Waals surface area contributed by atoms with E-state index in [1.807, 2.05) is 19.0 Å². The minimum atomic E-state index is 0.142. The summed E-state index contributed by atoms with van der Waals surface area (Å²) in [6.07, 6.45) is 7.41. The van der Waals surface area contributed by atoms with Crippen LogP contribution in [0.15, 0.2) is 24.5 Å². The fourth-order valence-corrected chi connectivity index (χ4v) is 3.61. The average Bonchev–Trinajstić information content (AvgIpc) is 2.66. The van der Waals surface area contributed by atoms with Crippen molar-refractivity contribution in [2.45, 2.75) is 43.7 Å². The Kier molecular flexibility index (Phi) is 5.07. The van der Waals surface area contributed by atoms with E-state index in [9.17, 15) is 0 Å². The van der Waals surface area contributed by atoms with E-state index in [-0.39, 0.29) is 6.10 Å². The van der Waals surface area contributed by atoms with Gasteiger partial charge in [-0.3, -0.25) is 0 Å². The molecule has 1 aliphatic carbocycles. The van der Waals surface area contributed by atoms with E-state index in [0.29, 0.717) is 18.0 Å². The van der Waals surface area contributed by atoms with Gasteiger partial charge in [0.2, 0.25) is 5.95 Å². The molecule has 1 saturated carbocycles. The first-order chi connectivity index (χ1) is 13.1. The molecule has 0 radical (unpaired) electrons. The Morgan fingerprint density at radius 1 is 1.11 bits per heavy atom. The summed E-state index contributed by atoms with van der Waals surface area (Å²) in [4.78, 5) is 22.1. The molecule has 0 atom stereocenters. The maximum absolute atomic E-state index is 5.98. The van der Waals surface area contributed by atoms with Crippen LogP contribution in [0.3, 0.4) is 0 Å². The minimum Gasteiger partial charge on any atom is -0.460 e. The Labute approximate surface area is 159 Å². The van der Waals surface area contributed by atoms with Crippen LogP contribution in [-0.4, -0.2) is 59.3 Å². The smallest absolute Gasteiger partial charge is 0.316 e. The Morgan fingerprint density at radius 2 is 1.81 bits per heavy atom. The molecular weight excluding hydrogens is 342 g/mol. The molecule has 2 aromatic rings. The number of aromatic nitrogens is 4. The molecule has 8 heteroatoms. The molecule has 2 fully saturated rings. The van der Waals surface area contributed by atoms with Crippen molar-refractivity contribution in [3.8, 4) is 6.01 Å². The molecule has 2 aliphatic rings. The van der Waals surface area contributed by atoms with Crippen LogP contribution < -0.4 is 20.3 Å². The zero-order valence-electron chi connectivity index (χ0n) is 16.0. The Hall–Kier alpha value is -2.48. The summed E-state index contributed by atoms with van der Waals surface area (Å²) < 4.78 is 5.90. The highest BCUT2D eigenvalue weighted by Crippen LogP contribution is 2.36. The summed E-state index contributed by atoms with van der Waals surface area (Å²) in [6.45, 7) is 1.79. The molecule has 2 N–H and O–H groups in total. The molecule has 8 nitrogen and oxygen atoms in total. The van der Waals surface area contributed by atoms with Crippen molar-refractivity contribution in [2.24, 2.45) is 5.73 Å². The lowest BCUT2D eigenvalue weighted by atomic mass is 9.78. The van der Waals surface area contributed by atoms with Crippen LogP contribution >= 0.6 is 0 Å². The summed E-state index contributed by atoms with van der Waals surface area (Å²) in [5.74, 6) is 2.22. The van der Waals surface area contributed by atoms with Gasteiger partial charge in [0.1, 0.15) is 11.9 Å². The van der Waals surface area contributed by atoms with E-state index in [1.165, 1.54) is 0 Å². The van der Waals surface area contributed by atoms with E-state index in [4.69, 9.17) is 20.4 Å². The van der Waals surface area contributed by atoms with Crippen molar-refractivity contribution in [3.63, 3.8) is 0 Å². The second-order valence-electron chi connectivity index (χ2n) is 7.61. The molecule has 1 saturated heterocycles. The fourth-order valence-electron chi connectivity index (χ4n) is 3.61. The first kappa shape index (κ1) is 17.9. The molecule has 27 heavy (non-hydrogen) atoms. The van der Waals surface area contributed by atoms with Gasteiger partial charge in [-0.25, -0.2) is 15.0 Å². The number of anilines is 2. The average molecular weight is 369 g/mol. The van der Waals surface area contributed by atoms with Gasteiger partial charge < -0.3 is 20.3 Å². The summed E-state index contributed by atoms with van der Waals surface area (Å²) in [5.41, 5.74) is 7.09. The fraction of sp³-hybridized carbons (Fsp3) is 0.579. The predicted molar refractivity (Wildman–Crippen MR) is 104 cm³/mol. The van der Waals surface area contributed by atoms with Crippen LogP contribution in [0.5, 0.6) is 6.01 Å². The topological polar surface area (TPSA) is 93.3 Å². The van der Waals surface area contributed by atoms with E-state index in [2.05, 4.69) is 20.9 Å². The third kappa shape index (κ3) is 4.10. The van der Waals surface area contributed by atoms with Crippen molar-refractivity contribution >= 4 is 11.8 Å².